The van der Waals surface area contributed by atoms with E-state index in [0.717, 1.165) is 17.8 Å². The lowest BCUT2D eigenvalue weighted by Gasteiger charge is -2.07. The molecule has 116 valence electrons. The van der Waals surface area contributed by atoms with Crippen LogP contribution in [0.3, 0.4) is 0 Å². The van der Waals surface area contributed by atoms with Crippen molar-refractivity contribution in [1.29, 1.82) is 0 Å². The zero-order chi connectivity index (χ0) is 16.2. The minimum atomic E-state index is -3.88. The van der Waals surface area contributed by atoms with Gasteiger partial charge in [-0.2, -0.15) is 0 Å². The first kappa shape index (κ1) is 15.9. The first-order chi connectivity index (χ1) is 10.4. The van der Waals surface area contributed by atoms with Gasteiger partial charge in [0.2, 0.25) is 15.8 Å². The SMILES string of the molecule is Nc1ncc(S(=O)(=O)NCCc2ccccc2)cc1[N+](=O)[O-]. The number of aromatic nitrogens is 1. The lowest BCUT2D eigenvalue weighted by molar-refractivity contribution is -0.384. The molecule has 22 heavy (non-hydrogen) atoms. The maximum Gasteiger partial charge on any atom is 0.312 e. The van der Waals surface area contributed by atoms with Crippen LogP contribution in [0.25, 0.3) is 0 Å². The average molecular weight is 322 g/mol. The fraction of sp³-hybridized carbons (Fsp3) is 0.154. The van der Waals surface area contributed by atoms with Gasteiger partial charge in [-0.1, -0.05) is 30.3 Å². The van der Waals surface area contributed by atoms with Crippen molar-refractivity contribution in [3.63, 3.8) is 0 Å². The number of anilines is 1. The van der Waals surface area contributed by atoms with Gasteiger partial charge < -0.3 is 5.73 Å². The molecule has 0 aliphatic rings. The summed E-state index contributed by atoms with van der Waals surface area (Å²) in [6.07, 6.45) is 1.50. The number of pyridine rings is 1. The lowest BCUT2D eigenvalue weighted by atomic mass is 10.2. The Bertz CT molecular complexity index is 778. The Morgan fingerprint density at radius 1 is 1.27 bits per heavy atom. The Labute approximate surface area is 127 Å². The number of nitrogen functional groups attached to an aromatic ring is 1. The maximum absolute atomic E-state index is 12.1. The molecule has 0 radical (unpaired) electrons. The number of nitrogens with zero attached hydrogens (tertiary/aromatic N) is 2. The first-order valence-electron chi connectivity index (χ1n) is 6.33. The van der Waals surface area contributed by atoms with Crippen LogP contribution in [0.4, 0.5) is 11.5 Å². The highest BCUT2D eigenvalue weighted by Crippen LogP contribution is 2.22. The Balaban J connectivity index is 2.10. The third-order valence-electron chi connectivity index (χ3n) is 2.93. The fourth-order valence-electron chi connectivity index (χ4n) is 1.80. The number of hydrogen-bond donors (Lipinski definition) is 2. The number of hydrogen-bond acceptors (Lipinski definition) is 6. The molecule has 0 aliphatic carbocycles. The quantitative estimate of drug-likeness (QED) is 0.605. The van der Waals surface area contributed by atoms with E-state index in [0.29, 0.717) is 6.42 Å². The molecule has 2 rings (SSSR count). The van der Waals surface area contributed by atoms with Gasteiger partial charge in [-0.25, -0.2) is 18.1 Å². The maximum atomic E-state index is 12.1. The van der Waals surface area contributed by atoms with Gasteiger partial charge in [-0.15, -0.1) is 0 Å². The molecule has 3 N–H and O–H groups in total. The van der Waals surface area contributed by atoms with E-state index in [9.17, 15) is 18.5 Å². The predicted molar refractivity (Wildman–Crippen MR) is 80.6 cm³/mol. The molecule has 0 fully saturated rings. The highest BCUT2D eigenvalue weighted by molar-refractivity contribution is 7.89. The molecule has 0 aliphatic heterocycles. The molecule has 0 spiro atoms. The van der Waals surface area contributed by atoms with Gasteiger partial charge in [0.1, 0.15) is 4.90 Å². The van der Waals surface area contributed by atoms with Gasteiger partial charge in [0, 0.05) is 18.8 Å². The summed E-state index contributed by atoms with van der Waals surface area (Å²) >= 11 is 0. The van der Waals surface area contributed by atoms with Crippen molar-refractivity contribution >= 4 is 21.5 Å². The summed E-state index contributed by atoms with van der Waals surface area (Å²) in [6, 6.07) is 10.2. The summed E-state index contributed by atoms with van der Waals surface area (Å²) in [5.41, 5.74) is 5.78. The Kier molecular flexibility index (Phi) is 4.68. The topological polar surface area (TPSA) is 128 Å². The van der Waals surface area contributed by atoms with Crippen molar-refractivity contribution in [2.75, 3.05) is 12.3 Å². The second-order valence-electron chi connectivity index (χ2n) is 4.47. The smallest absolute Gasteiger partial charge is 0.312 e. The molecule has 2 aromatic rings. The van der Waals surface area contributed by atoms with E-state index in [-0.39, 0.29) is 17.3 Å². The molecule has 0 amide bonds. The van der Waals surface area contributed by atoms with Gasteiger partial charge in [0.05, 0.1) is 4.92 Å². The minimum Gasteiger partial charge on any atom is -0.378 e. The van der Waals surface area contributed by atoms with Crippen LogP contribution in [0.1, 0.15) is 5.56 Å². The first-order valence-corrected chi connectivity index (χ1v) is 7.82. The largest absolute Gasteiger partial charge is 0.378 e. The Hall–Kier alpha value is -2.52. The summed E-state index contributed by atoms with van der Waals surface area (Å²) in [5, 5.41) is 10.8. The molecule has 0 bridgehead atoms. The second-order valence-corrected chi connectivity index (χ2v) is 6.23. The van der Waals surface area contributed by atoms with Crippen molar-refractivity contribution in [1.82, 2.24) is 9.71 Å². The summed E-state index contributed by atoms with van der Waals surface area (Å²) in [6.45, 7) is 0.171. The zero-order valence-electron chi connectivity index (χ0n) is 11.5. The van der Waals surface area contributed by atoms with E-state index >= 15 is 0 Å². The molecule has 0 saturated carbocycles. The lowest BCUT2D eigenvalue weighted by Crippen LogP contribution is -2.26. The Morgan fingerprint density at radius 2 is 1.95 bits per heavy atom. The third-order valence-corrected chi connectivity index (χ3v) is 4.36. The molecular weight excluding hydrogens is 308 g/mol. The Morgan fingerprint density at radius 3 is 2.59 bits per heavy atom. The van der Waals surface area contributed by atoms with E-state index < -0.39 is 20.6 Å². The van der Waals surface area contributed by atoms with Crippen molar-refractivity contribution in [3.8, 4) is 0 Å². The van der Waals surface area contributed by atoms with Crippen molar-refractivity contribution in [2.45, 2.75) is 11.3 Å². The molecule has 8 nitrogen and oxygen atoms in total. The molecule has 0 atom stereocenters. The monoisotopic (exact) mass is 322 g/mol. The number of sulfonamides is 1. The molecular formula is C13H14N4O4S. The van der Waals surface area contributed by atoms with Gasteiger partial charge in [0.25, 0.3) is 0 Å². The van der Waals surface area contributed by atoms with E-state index in [4.69, 9.17) is 5.73 Å². The van der Waals surface area contributed by atoms with Crippen molar-refractivity contribution in [2.24, 2.45) is 0 Å². The van der Waals surface area contributed by atoms with Crippen LogP contribution >= 0.6 is 0 Å². The van der Waals surface area contributed by atoms with Crippen molar-refractivity contribution in [3.05, 3.63) is 58.3 Å². The third kappa shape index (κ3) is 3.77. The van der Waals surface area contributed by atoms with Gasteiger partial charge >= 0.3 is 5.69 Å². The number of benzene rings is 1. The van der Waals surface area contributed by atoms with Crippen LogP contribution in [0.5, 0.6) is 0 Å². The molecule has 1 aromatic carbocycles. The van der Waals surface area contributed by atoms with E-state index in [1.165, 1.54) is 0 Å². The van der Waals surface area contributed by atoms with Crippen LogP contribution in [0.2, 0.25) is 0 Å². The van der Waals surface area contributed by atoms with Crippen molar-refractivity contribution < 1.29 is 13.3 Å². The van der Waals surface area contributed by atoms with E-state index in [2.05, 4.69) is 9.71 Å². The number of nitro groups is 1. The normalized spacial score (nSPS) is 11.3. The summed E-state index contributed by atoms with van der Waals surface area (Å²) in [4.78, 5) is 13.3. The summed E-state index contributed by atoms with van der Waals surface area (Å²) < 4.78 is 26.6. The number of rotatable bonds is 6. The van der Waals surface area contributed by atoms with E-state index in [1.54, 1.807) is 0 Å². The van der Waals surface area contributed by atoms with Crippen LogP contribution in [0, 0.1) is 10.1 Å². The van der Waals surface area contributed by atoms with Gasteiger partial charge in [0.15, 0.2) is 0 Å². The van der Waals surface area contributed by atoms with Crippen LogP contribution in [-0.4, -0.2) is 24.9 Å². The van der Waals surface area contributed by atoms with E-state index in [1.807, 2.05) is 30.3 Å². The standard InChI is InChI=1S/C13H14N4O4S/c14-13-12(17(18)19)8-11(9-15-13)22(20,21)16-7-6-10-4-2-1-3-5-10/h1-5,8-9,16H,6-7H2,(H2,14,15). The predicted octanol–water partition coefficient (Wildman–Crippen LogP) is 1.09. The molecule has 9 heteroatoms. The summed E-state index contributed by atoms with van der Waals surface area (Å²) in [7, 11) is -3.88. The highest BCUT2D eigenvalue weighted by atomic mass is 32.2. The fourth-order valence-corrected chi connectivity index (χ4v) is 2.79. The number of nitrogens with two attached hydrogens (primary N) is 1. The van der Waals surface area contributed by atoms with Crippen LogP contribution < -0.4 is 10.5 Å². The minimum absolute atomic E-state index is 0.171. The average Bonchev–Trinajstić information content (AvgIpc) is 2.48. The zero-order valence-corrected chi connectivity index (χ0v) is 12.3. The molecule has 0 saturated heterocycles. The van der Waals surface area contributed by atoms with Crippen LogP contribution in [-0.2, 0) is 16.4 Å². The van der Waals surface area contributed by atoms with Gasteiger partial charge in [-0.05, 0) is 12.0 Å². The molecule has 0 unspecified atom stereocenters. The molecule has 1 aromatic heterocycles. The van der Waals surface area contributed by atoms with Gasteiger partial charge in [-0.3, -0.25) is 10.1 Å². The van der Waals surface area contributed by atoms with Crippen LogP contribution in [0.15, 0.2) is 47.5 Å². The number of nitrogens with one attached hydrogen (secondary N) is 1. The highest BCUT2D eigenvalue weighted by Gasteiger charge is 2.21. The second kappa shape index (κ2) is 6.50. The summed E-state index contributed by atoms with van der Waals surface area (Å²) in [5.74, 6) is -0.326. The molecule has 1 heterocycles.